The average molecular weight is 523 g/mol. The van der Waals surface area contributed by atoms with Crippen LogP contribution in [0.15, 0.2) is 24.5 Å². The fraction of sp³-hybridized carbons (Fsp3) is 0.370. The molecule has 0 aliphatic heterocycles. The van der Waals surface area contributed by atoms with Crippen molar-refractivity contribution in [1.29, 1.82) is 0 Å². The number of likely N-dealkylation sites (N-methyl/N-ethyl adjacent to an activating group) is 1. The van der Waals surface area contributed by atoms with E-state index >= 15 is 0 Å². The van der Waals surface area contributed by atoms with E-state index in [0.29, 0.717) is 34.4 Å². The van der Waals surface area contributed by atoms with Gasteiger partial charge in [0.2, 0.25) is 12.7 Å². The van der Waals surface area contributed by atoms with Gasteiger partial charge < -0.3 is 34.8 Å². The summed E-state index contributed by atoms with van der Waals surface area (Å²) in [7, 11) is 7.44. The van der Waals surface area contributed by atoms with Crippen LogP contribution in [0.4, 0.5) is 11.5 Å². The number of aromatic amines is 1. The average Bonchev–Trinajstić information content (AvgIpc) is 3.35. The van der Waals surface area contributed by atoms with Gasteiger partial charge in [-0.1, -0.05) is 6.07 Å². The quantitative estimate of drug-likeness (QED) is 0.153. The van der Waals surface area contributed by atoms with Crippen LogP contribution < -0.4 is 10.6 Å². The maximum absolute atomic E-state index is 12.3. The molecule has 0 aliphatic rings. The van der Waals surface area contributed by atoms with E-state index in [0.717, 1.165) is 46.6 Å². The highest BCUT2D eigenvalue weighted by Crippen LogP contribution is 2.29. The first-order valence-corrected chi connectivity index (χ1v) is 12.3. The predicted molar refractivity (Wildman–Crippen MR) is 148 cm³/mol. The zero-order valence-electron chi connectivity index (χ0n) is 23.0. The number of quaternary nitrogens is 1. The number of allylic oxidation sites excluding steroid dienone is 1. The van der Waals surface area contributed by atoms with Crippen molar-refractivity contribution in [2.75, 3.05) is 33.0 Å². The van der Waals surface area contributed by atoms with Crippen LogP contribution in [0.25, 0.3) is 11.6 Å². The van der Waals surface area contributed by atoms with Crippen molar-refractivity contribution in [3.8, 4) is 0 Å². The number of nitro groups is 1. The second-order valence-corrected chi connectivity index (χ2v) is 10.2. The Balaban J connectivity index is 1.88. The van der Waals surface area contributed by atoms with Gasteiger partial charge in [0.25, 0.3) is 5.91 Å². The van der Waals surface area contributed by atoms with Crippen molar-refractivity contribution in [3.05, 3.63) is 74.0 Å². The molecule has 11 nitrogen and oxygen atoms in total. The summed E-state index contributed by atoms with van der Waals surface area (Å²) in [5.74, 6) is -0.253. The Kier molecular flexibility index (Phi) is 8.52. The Labute approximate surface area is 222 Å². The third-order valence-electron chi connectivity index (χ3n) is 6.81. The lowest BCUT2D eigenvalue weighted by molar-refractivity contribution is -0.903. The van der Waals surface area contributed by atoms with Gasteiger partial charge in [-0.2, -0.15) is 0 Å². The largest absolute Gasteiger partial charge is 0.390 e. The van der Waals surface area contributed by atoms with Gasteiger partial charge in [-0.05, 0) is 65.6 Å². The number of anilines is 1. The molecular formula is C27H36N7O4+. The second-order valence-electron chi connectivity index (χ2n) is 10.2. The molecule has 1 aromatic carbocycles. The van der Waals surface area contributed by atoms with Gasteiger partial charge in [-0.3, -0.25) is 9.59 Å². The van der Waals surface area contributed by atoms with E-state index in [-0.39, 0.29) is 11.7 Å². The molecule has 3 aromatic rings. The van der Waals surface area contributed by atoms with E-state index in [1.807, 2.05) is 53.1 Å². The minimum absolute atomic E-state index is 0.111. The highest BCUT2D eigenvalue weighted by Gasteiger charge is 2.27. The number of aromatic nitrogens is 3. The lowest BCUT2D eigenvalue weighted by atomic mass is 9.98. The molecule has 3 N–H and O–H groups in total. The Morgan fingerprint density at radius 1 is 1.29 bits per heavy atom. The number of imidazole rings is 1. The van der Waals surface area contributed by atoms with Crippen molar-refractivity contribution in [2.24, 2.45) is 7.05 Å². The third kappa shape index (κ3) is 6.17. The molecule has 0 atom stereocenters. The fourth-order valence-corrected chi connectivity index (χ4v) is 4.64. The number of nitrogens with one attached hydrogen (secondary N) is 3. The van der Waals surface area contributed by atoms with Gasteiger partial charge in [-0.15, -0.1) is 0 Å². The molecule has 0 aliphatic carbocycles. The number of amides is 2. The molecule has 0 saturated carbocycles. The number of rotatable bonds is 11. The van der Waals surface area contributed by atoms with Crippen LogP contribution in [-0.4, -0.2) is 63.9 Å². The first kappa shape index (κ1) is 28.3. The molecule has 2 amide bonds. The van der Waals surface area contributed by atoms with E-state index < -0.39 is 4.92 Å². The van der Waals surface area contributed by atoms with Crippen LogP contribution in [0.3, 0.4) is 0 Å². The first-order valence-electron chi connectivity index (χ1n) is 12.3. The SMILES string of the molecule is CNC(=O)c1c(C)[nH]c(/C=C(\C)c2cc(CC[N+](C)(C)Cc3c([N+](=O)[O-])ncn3C)ccc2NC=O)c1C. The third-order valence-corrected chi connectivity index (χ3v) is 6.81. The number of carbonyl (C=O) groups excluding carboxylic acids is 2. The van der Waals surface area contributed by atoms with E-state index in [1.165, 1.54) is 6.33 Å². The number of aryl methyl sites for hydroxylation is 2. The molecule has 0 saturated heterocycles. The molecule has 2 aromatic heterocycles. The minimum Gasteiger partial charge on any atom is -0.358 e. The Morgan fingerprint density at radius 3 is 2.63 bits per heavy atom. The van der Waals surface area contributed by atoms with Crippen molar-refractivity contribution in [1.82, 2.24) is 19.9 Å². The van der Waals surface area contributed by atoms with E-state index in [4.69, 9.17) is 0 Å². The van der Waals surface area contributed by atoms with Crippen molar-refractivity contribution in [2.45, 2.75) is 33.7 Å². The van der Waals surface area contributed by atoms with Gasteiger partial charge in [0.15, 0.2) is 5.69 Å². The van der Waals surface area contributed by atoms with Crippen LogP contribution in [-0.2, 0) is 24.8 Å². The lowest BCUT2D eigenvalue weighted by Gasteiger charge is -2.29. The number of benzene rings is 1. The normalized spacial score (nSPS) is 11.9. The van der Waals surface area contributed by atoms with Gasteiger partial charge in [-0.25, -0.2) is 0 Å². The van der Waals surface area contributed by atoms with Crippen LogP contribution in [0, 0.1) is 24.0 Å². The summed E-state index contributed by atoms with van der Waals surface area (Å²) in [6, 6.07) is 5.91. The fourth-order valence-electron chi connectivity index (χ4n) is 4.64. The summed E-state index contributed by atoms with van der Waals surface area (Å²) in [5.41, 5.74) is 7.22. The lowest BCUT2D eigenvalue weighted by Crippen LogP contribution is -2.41. The highest BCUT2D eigenvalue weighted by atomic mass is 16.6. The molecule has 0 radical (unpaired) electrons. The molecule has 38 heavy (non-hydrogen) atoms. The summed E-state index contributed by atoms with van der Waals surface area (Å²) in [4.78, 5) is 41.7. The van der Waals surface area contributed by atoms with Crippen LogP contribution >= 0.6 is 0 Å². The van der Waals surface area contributed by atoms with Crippen molar-refractivity contribution in [3.63, 3.8) is 0 Å². The Hall–Kier alpha value is -4.25. The van der Waals surface area contributed by atoms with E-state index in [9.17, 15) is 19.7 Å². The van der Waals surface area contributed by atoms with Gasteiger partial charge in [0.1, 0.15) is 6.54 Å². The van der Waals surface area contributed by atoms with Crippen LogP contribution in [0.5, 0.6) is 0 Å². The highest BCUT2D eigenvalue weighted by molar-refractivity contribution is 5.98. The summed E-state index contributed by atoms with van der Waals surface area (Å²) >= 11 is 0. The van der Waals surface area contributed by atoms with Gasteiger partial charge >= 0.3 is 5.82 Å². The molecule has 0 bridgehead atoms. The van der Waals surface area contributed by atoms with E-state index in [1.54, 1.807) is 18.7 Å². The number of nitrogens with zero attached hydrogens (tertiary/aromatic N) is 4. The predicted octanol–water partition coefficient (Wildman–Crippen LogP) is 3.58. The number of H-pyrrole nitrogens is 1. The molecular weight excluding hydrogens is 486 g/mol. The second kappa shape index (κ2) is 11.4. The number of hydrogen-bond acceptors (Lipinski definition) is 5. The van der Waals surface area contributed by atoms with E-state index in [2.05, 4.69) is 26.7 Å². The minimum atomic E-state index is -0.444. The smallest absolute Gasteiger partial charge is 0.358 e. The molecule has 2 heterocycles. The van der Waals surface area contributed by atoms with Gasteiger partial charge in [0.05, 0.1) is 26.2 Å². The Bertz CT molecular complexity index is 1400. The summed E-state index contributed by atoms with van der Waals surface area (Å²) in [6.45, 7) is 6.93. The maximum Gasteiger partial charge on any atom is 0.390 e. The summed E-state index contributed by atoms with van der Waals surface area (Å²) < 4.78 is 2.23. The zero-order chi connectivity index (χ0) is 28.2. The summed E-state index contributed by atoms with van der Waals surface area (Å²) in [6.07, 6.45) is 4.83. The van der Waals surface area contributed by atoms with Crippen molar-refractivity contribution < 1.29 is 19.0 Å². The Morgan fingerprint density at radius 2 is 2.00 bits per heavy atom. The number of carbonyl (C=O) groups is 2. The van der Waals surface area contributed by atoms with Crippen LogP contribution in [0.1, 0.15) is 51.1 Å². The standard InChI is InChI=1S/C27H35N7O4/c1-17(12-23-18(2)25(19(3)31-23)27(36)28-4)21-13-20(8-9-22(21)30-16-35)10-11-34(6,7)14-24-26(33(37)38)29-15-32(24)5/h8-9,12-13,15-16H,10-11,14H2,1-7H3,(H2-,28,30,31,35,36)/p+1/b17-12+. The molecule has 0 fully saturated rings. The van der Waals surface area contributed by atoms with Gasteiger partial charge in [0, 0.05) is 43.2 Å². The first-order chi connectivity index (χ1) is 17.9. The monoisotopic (exact) mass is 522 g/mol. The number of hydrogen-bond donors (Lipinski definition) is 3. The zero-order valence-corrected chi connectivity index (χ0v) is 23.0. The molecule has 0 spiro atoms. The molecule has 202 valence electrons. The maximum atomic E-state index is 12.3. The summed E-state index contributed by atoms with van der Waals surface area (Å²) in [5, 5.41) is 16.8. The molecule has 0 unspecified atom stereocenters. The van der Waals surface area contributed by atoms with Crippen LogP contribution in [0.2, 0.25) is 0 Å². The topological polar surface area (TPSA) is 135 Å². The van der Waals surface area contributed by atoms with Crippen molar-refractivity contribution >= 4 is 35.5 Å². The molecule has 11 heteroatoms. The molecule has 3 rings (SSSR count).